The van der Waals surface area contributed by atoms with Crippen LogP contribution in [0.4, 0.5) is 0 Å². The predicted molar refractivity (Wildman–Crippen MR) is 67.2 cm³/mol. The molecule has 2 N–H and O–H groups in total. The lowest BCUT2D eigenvalue weighted by molar-refractivity contribution is -0.138. The highest BCUT2D eigenvalue weighted by atomic mass is 16.4. The van der Waals surface area contributed by atoms with E-state index in [4.69, 9.17) is 5.11 Å². The molecule has 0 spiro atoms. The zero-order valence-electron chi connectivity index (χ0n) is 10.7. The number of amides is 1. The van der Waals surface area contributed by atoms with Gasteiger partial charge in [-0.15, -0.1) is 0 Å². The Morgan fingerprint density at radius 1 is 1.17 bits per heavy atom. The van der Waals surface area contributed by atoms with E-state index in [9.17, 15) is 9.59 Å². The van der Waals surface area contributed by atoms with Crippen molar-refractivity contribution in [3.63, 3.8) is 0 Å². The molecule has 0 aliphatic carbocycles. The van der Waals surface area contributed by atoms with Crippen LogP contribution >= 0.6 is 0 Å². The van der Waals surface area contributed by atoms with E-state index in [1.54, 1.807) is 0 Å². The average Bonchev–Trinajstić information content (AvgIpc) is 2.31. The number of rotatable bonds is 5. The van der Waals surface area contributed by atoms with Crippen molar-refractivity contribution < 1.29 is 14.7 Å². The Labute approximate surface area is 108 Å². The van der Waals surface area contributed by atoms with Gasteiger partial charge < -0.3 is 15.3 Å². The zero-order chi connectivity index (χ0) is 13.0. The highest BCUT2D eigenvalue weighted by Crippen LogP contribution is 2.23. The number of carbonyl (C=O) groups is 2. The van der Waals surface area contributed by atoms with Crippen molar-refractivity contribution in [1.29, 1.82) is 0 Å². The molecule has 102 valence electrons. The molecule has 0 saturated carbocycles. The van der Waals surface area contributed by atoms with Gasteiger partial charge in [-0.2, -0.15) is 0 Å². The van der Waals surface area contributed by atoms with E-state index in [0.717, 1.165) is 45.4 Å². The lowest BCUT2D eigenvalue weighted by Crippen LogP contribution is -2.46. The third-order valence-corrected chi connectivity index (χ3v) is 4.06. The number of carboxylic acids is 1. The molecule has 5 nitrogen and oxygen atoms in total. The van der Waals surface area contributed by atoms with Crippen LogP contribution in [0.2, 0.25) is 0 Å². The standard InChI is InChI=1S/C13H22N2O3/c16-12(7-11-8-14-9-11)15-5-3-10(4-6-15)1-2-13(17)18/h10-11,14H,1-9H2,(H,17,18). The molecule has 0 aromatic rings. The molecule has 0 bridgehead atoms. The lowest BCUT2D eigenvalue weighted by Gasteiger charge is -2.34. The summed E-state index contributed by atoms with van der Waals surface area (Å²) in [6.45, 7) is 3.56. The Morgan fingerprint density at radius 2 is 1.83 bits per heavy atom. The number of hydrogen-bond acceptors (Lipinski definition) is 3. The van der Waals surface area contributed by atoms with Gasteiger partial charge in [0.25, 0.3) is 0 Å². The molecule has 2 fully saturated rings. The quantitative estimate of drug-likeness (QED) is 0.757. The molecule has 2 heterocycles. The first-order valence-electron chi connectivity index (χ1n) is 6.85. The lowest BCUT2D eigenvalue weighted by atomic mass is 9.91. The number of likely N-dealkylation sites (tertiary alicyclic amines) is 1. The molecule has 0 aromatic heterocycles. The van der Waals surface area contributed by atoms with Crippen LogP contribution in [0.15, 0.2) is 0 Å². The first kappa shape index (κ1) is 13.3. The van der Waals surface area contributed by atoms with Crippen molar-refractivity contribution in [2.75, 3.05) is 26.2 Å². The number of carboxylic acid groups (broad SMARTS) is 1. The molecule has 18 heavy (non-hydrogen) atoms. The fraction of sp³-hybridized carbons (Fsp3) is 0.846. The second-order valence-electron chi connectivity index (χ2n) is 5.48. The summed E-state index contributed by atoms with van der Waals surface area (Å²) in [7, 11) is 0. The van der Waals surface area contributed by atoms with E-state index in [1.807, 2.05) is 4.90 Å². The Balaban J connectivity index is 1.65. The molecule has 2 aliphatic rings. The summed E-state index contributed by atoms with van der Waals surface area (Å²) < 4.78 is 0. The molecular weight excluding hydrogens is 232 g/mol. The SMILES string of the molecule is O=C(O)CCC1CCN(C(=O)CC2CNC2)CC1. The maximum atomic E-state index is 12.0. The molecule has 2 saturated heterocycles. The second kappa shape index (κ2) is 6.18. The molecule has 0 atom stereocenters. The maximum absolute atomic E-state index is 12.0. The number of nitrogens with one attached hydrogen (secondary N) is 1. The summed E-state index contributed by atoms with van der Waals surface area (Å²) in [5.41, 5.74) is 0. The summed E-state index contributed by atoms with van der Waals surface area (Å²) in [5, 5.41) is 11.8. The smallest absolute Gasteiger partial charge is 0.303 e. The van der Waals surface area contributed by atoms with E-state index >= 15 is 0 Å². The Kier molecular flexibility index (Phi) is 4.58. The topological polar surface area (TPSA) is 69.6 Å². The van der Waals surface area contributed by atoms with E-state index in [1.165, 1.54) is 0 Å². The summed E-state index contributed by atoms with van der Waals surface area (Å²) in [6, 6.07) is 0. The molecule has 0 aromatic carbocycles. The third kappa shape index (κ3) is 3.70. The van der Waals surface area contributed by atoms with Crippen molar-refractivity contribution in [3.05, 3.63) is 0 Å². The molecule has 2 aliphatic heterocycles. The minimum absolute atomic E-state index is 0.256. The van der Waals surface area contributed by atoms with E-state index < -0.39 is 5.97 Å². The molecule has 0 unspecified atom stereocenters. The Morgan fingerprint density at radius 3 is 2.33 bits per heavy atom. The van der Waals surface area contributed by atoms with Gasteiger partial charge in [0.05, 0.1) is 0 Å². The molecule has 5 heteroatoms. The largest absolute Gasteiger partial charge is 0.481 e. The van der Waals surface area contributed by atoms with E-state index in [-0.39, 0.29) is 12.3 Å². The first-order chi connectivity index (χ1) is 8.65. The number of piperidine rings is 1. The number of hydrogen-bond donors (Lipinski definition) is 2. The van der Waals surface area contributed by atoms with Gasteiger partial charge in [0, 0.05) is 25.9 Å². The normalized spacial score (nSPS) is 21.7. The fourth-order valence-electron chi connectivity index (χ4n) is 2.67. The maximum Gasteiger partial charge on any atom is 0.303 e. The van der Waals surface area contributed by atoms with Gasteiger partial charge in [0.15, 0.2) is 0 Å². The van der Waals surface area contributed by atoms with Crippen LogP contribution in [0.3, 0.4) is 0 Å². The van der Waals surface area contributed by atoms with Crippen molar-refractivity contribution in [2.45, 2.75) is 32.1 Å². The molecule has 1 amide bonds. The van der Waals surface area contributed by atoms with Gasteiger partial charge in [0.1, 0.15) is 0 Å². The summed E-state index contributed by atoms with van der Waals surface area (Å²) in [4.78, 5) is 24.4. The van der Waals surface area contributed by atoms with Crippen LogP contribution in [-0.2, 0) is 9.59 Å². The first-order valence-corrected chi connectivity index (χ1v) is 6.85. The summed E-state index contributed by atoms with van der Waals surface area (Å²) >= 11 is 0. The zero-order valence-corrected chi connectivity index (χ0v) is 10.7. The van der Waals surface area contributed by atoms with Crippen LogP contribution in [0, 0.1) is 11.8 Å². The highest BCUT2D eigenvalue weighted by molar-refractivity contribution is 5.76. The van der Waals surface area contributed by atoms with Crippen LogP contribution in [0.25, 0.3) is 0 Å². The number of nitrogens with zero attached hydrogens (tertiary/aromatic N) is 1. The molecule has 2 rings (SSSR count). The highest BCUT2D eigenvalue weighted by Gasteiger charge is 2.26. The van der Waals surface area contributed by atoms with Gasteiger partial charge in [0.2, 0.25) is 5.91 Å². The third-order valence-electron chi connectivity index (χ3n) is 4.06. The van der Waals surface area contributed by atoms with Crippen LogP contribution in [-0.4, -0.2) is 48.1 Å². The number of carbonyl (C=O) groups excluding carboxylic acids is 1. The summed E-state index contributed by atoms with van der Waals surface area (Å²) in [5.74, 6) is 0.571. The van der Waals surface area contributed by atoms with Crippen molar-refractivity contribution in [1.82, 2.24) is 10.2 Å². The van der Waals surface area contributed by atoms with Crippen molar-refractivity contribution in [2.24, 2.45) is 11.8 Å². The van der Waals surface area contributed by atoms with Crippen LogP contribution < -0.4 is 5.32 Å². The predicted octanol–water partition coefficient (Wildman–Crippen LogP) is 0.699. The van der Waals surface area contributed by atoms with Gasteiger partial charge >= 0.3 is 5.97 Å². The molecule has 0 radical (unpaired) electrons. The van der Waals surface area contributed by atoms with Gasteiger partial charge in [-0.3, -0.25) is 9.59 Å². The molecular formula is C13H22N2O3. The fourth-order valence-corrected chi connectivity index (χ4v) is 2.67. The Hall–Kier alpha value is -1.10. The van der Waals surface area contributed by atoms with Crippen molar-refractivity contribution >= 4 is 11.9 Å². The van der Waals surface area contributed by atoms with Crippen LogP contribution in [0.5, 0.6) is 0 Å². The van der Waals surface area contributed by atoms with Gasteiger partial charge in [-0.25, -0.2) is 0 Å². The second-order valence-corrected chi connectivity index (χ2v) is 5.48. The van der Waals surface area contributed by atoms with Gasteiger partial charge in [-0.05, 0) is 44.2 Å². The monoisotopic (exact) mass is 254 g/mol. The van der Waals surface area contributed by atoms with Crippen LogP contribution in [0.1, 0.15) is 32.1 Å². The number of aliphatic carboxylic acids is 1. The van der Waals surface area contributed by atoms with Crippen molar-refractivity contribution in [3.8, 4) is 0 Å². The Bertz CT molecular complexity index is 307. The van der Waals surface area contributed by atoms with E-state index in [0.29, 0.717) is 18.3 Å². The minimum atomic E-state index is -0.717. The van der Waals surface area contributed by atoms with Gasteiger partial charge in [-0.1, -0.05) is 0 Å². The average molecular weight is 254 g/mol. The summed E-state index contributed by atoms with van der Waals surface area (Å²) in [6.07, 6.45) is 3.60. The van der Waals surface area contributed by atoms with E-state index in [2.05, 4.69) is 5.32 Å². The minimum Gasteiger partial charge on any atom is -0.481 e.